The minimum atomic E-state index is -0.125. The number of aromatic amines is 1. The lowest BCUT2D eigenvalue weighted by atomic mass is 10.3. The maximum atomic E-state index is 7.62. The molecule has 0 atom stereocenters. The van der Waals surface area contributed by atoms with Crippen molar-refractivity contribution in [1.29, 1.82) is 0 Å². The van der Waals surface area contributed by atoms with Crippen molar-refractivity contribution in [2.24, 2.45) is 0 Å². The van der Waals surface area contributed by atoms with Crippen LogP contribution in [0.25, 0.3) is 11.0 Å². The highest BCUT2D eigenvalue weighted by atomic mass is 16.3. The molecule has 0 radical (unpaired) electrons. The highest BCUT2D eigenvalue weighted by Crippen LogP contribution is 2.05. The number of nitrogens with one attached hydrogen (secondary N) is 1. The van der Waals surface area contributed by atoms with Gasteiger partial charge in [-0.2, -0.15) is 0 Å². The molecule has 3 N–H and O–H groups in total. The SMILES string of the molecule is C=CC.OCCO.c1ccc2[nH]cnc2c1. The molecule has 0 fully saturated rings. The van der Waals surface area contributed by atoms with Crippen LogP contribution in [0.4, 0.5) is 0 Å². The van der Waals surface area contributed by atoms with Gasteiger partial charge in [-0.25, -0.2) is 4.98 Å². The largest absolute Gasteiger partial charge is 0.394 e. The number of hydrogen-bond donors (Lipinski definition) is 3. The number of aliphatic hydroxyl groups is 2. The van der Waals surface area contributed by atoms with Gasteiger partial charge in [0.15, 0.2) is 0 Å². The number of imidazole rings is 1. The quantitative estimate of drug-likeness (QED) is 0.643. The Bertz CT molecular complexity index is 353. The molecule has 0 amide bonds. The number of fused-ring (bicyclic) bond motifs is 1. The van der Waals surface area contributed by atoms with Crippen molar-refractivity contribution in [3.8, 4) is 0 Å². The topological polar surface area (TPSA) is 69.1 Å². The van der Waals surface area contributed by atoms with Crippen LogP contribution in [0.2, 0.25) is 0 Å². The van der Waals surface area contributed by atoms with E-state index < -0.39 is 0 Å². The molecule has 2 rings (SSSR count). The highest BCUT2D eigenvalue weighted by molar-refractivity contribution is 5.73. The molecule has 0 aliphatic rings. The molecule has 4 heteroatoms. The van der Waals surface area contributed by atoms with Crippen LogP contribution >= 0.6 is 0 Å². The molecule has 1 aromatic carbocycles. The summed E-state index contributed by atoms with van der Waals surface area (Å²) < 4.78 is 0. The Labute approximate surface area is 95.3 Å². The van der Waals surface area contributed by atoms with Crippen LogP contribution in [0.5, 0.6) is 0 Å². The Hall–Kier alpha value is -1.65. The smallest absolute Gasteiger partial charge is 0.0931 e. The van der Waals surface area contributed by atoms with Crippen molar-refractivity contribution in [1.82, 2.24) is 9.97 Å². The number of hydrogen-bond acceptors (Lipinski definition) is 3. The molecule has 0 saturated heterocycles. The van der Waals surface area contributed by atoms with Gasteiger partial charge in [-0.15, -0.1) is 6.58 Å². The van der Waals surface area contributed by atoms with E-state index in [4.69, 9.17) is 10.2 Å². The number of rotatable bonds is 1. The number of para-hydroxylation sites is 2. The second-order valence-corrected chi connectivity index (χ2v) is 2.78. The molecular weight excluding hydrogens is 204 g/mol. The Kier molecular flexibility index (Phi) is 8.87. The summed E-state index contributed by atoms with van der Waals surface area (Å²) in [5, 5.41) is 15.2. The van der Waals surface area contributed by atoms with E-state index in [0.717, 1.165) is 11.0 Å². The van der Waals surface area contributed by atoms with Crippen LogP contribution in [-0.2, 0) is 0 Å². The number of nitrogens with zero attached hydrogens (tertiary/aromatic N) is 1. The molecule has 0 bridgehead atoms. The summed E-state index contributed by atoms with van der Waals surface area (Å²) in [5.74, 6) is 0. The first-order valence-electron chi connectivity index (χ1n) is 4.97. The van der Waals surface area contributed by atoms with Crippen LogP contribution < -0.4 is 0 Å². The van der Waals surface area contributed by atoms with Crippen molar-refractivity contribution in [2.45, 2.75) is 6.92 Å². The van der Waals surface area contributed by atoms with Crippen LogP contribution in [0.1, 0.15) is 6.92 Å². The van der Waals surface area contributed by atoms with E-state index in [1.807, 2.05) is 31.2 Å². The van der Waals surface area contributed by atoms with Gasteiger partial charge in [0.2, 0.25) is 0 Å². The molecule has 0 saturated carbocycles. The number of H-pyrrole nitrogens is 1. The molecule has 4 nitrogen and oxygen atoms in total. The fourth-order valence-corrected chi connectivity index (χ4v) is 0.880. The monoisotopic (exact) mass is 222 g/mol. The standard InChI is InChI=1S/C7H6N2.C3H6.C2H6O2/c1-2-4-7-6(3-1)8-5-9-7;1-3-2;3-1-2-4/h1-5H,(H,8,9);3H,1H2,2H3;3-4H,1-2H2. The van der Waals surface area contributed by atoms with Gasteiger partial charge >= 0.3 is 0 Å². The van der Waals surface area contributed by atoms with Crippen molar-refractivity contribution < 1.29 is 10.2 Å². The normalized spacial score (nSPS) is 8.44. The van der Waals surface area contributed by atoms with E-state index in [9.17, 15) is 0 Å². The summed E-state index contributed by atoms with van der Waals surface area (Å²) in [4.78, 5) is 7.07. The minimum Gasteiger partial charge on any atom is -0.394 e. The van der Waals surface area contributed by atoms with E-state index in [1.165, 1.54) is 0 Å². The number of allylic oxidation sites excluding steroid dienone is 1. The fourth-order valence-electron chi connectivity index (χ4n) is 0.880. The minimum absolute atomic E-state index is 0.125. The molecule has 16 heavy (non-hydrogen) atoms. The van der Waals surface area contributed by atoms with Crippen LogP contribution in [0.15, 0.2) is 43.2 Å². The summed E-state index contributed by atoms with van der Waals surface area (Å²) in [6.07, 6.45) is 3.45. The lowest BCUT2D eigenvalue weighted by molar-refractivity contribution is 0.186. The van der Waals surface area contributed by atoms with E-state index in [2.05, 4.69) is 16.5 Å². The second-order valence-electron chi connectivity index (χ2n) is 2.78. The lowest BCUT2D eigenvalue weighted by Gasteiger charge is -1.81. The highest BCUT2D eigenvalue weighted by Gasteiger charge is 1.88. The number of benzene rings is 1. The van der Waals surface area contributed by atoms with E-state index in [-0.39, 0.29) is 13.2 Å². The van der Waals surface area contributed by atoms with Crippen LogP contribution in [-0.4, -0.2) is 33.4 Å². The van der Waals surface area contributed by atoms with Gasteiger partial charge in [0.1, 0.15) is 0 Å². The molecule has 88 valence electrons. The van der Waals surface area contributed by atoms with Crippen molar-refractivity contribution >= 4 is 11.0 Å². The zero-order valence-electron chi connectivity index (χ0n) is 9.43. The molecule has 1 aromatic heterocycles. The molecule has 2 aromatic rings. The summed E-state index contributed by atoms with van der Waals surface area (Å²) in [6.45, 7) is 5.00. The second kappa shape index (κ2) is 9.89. The first kappa shape index (κ1) is 14.3. The first-order valence-corrected chi connectivity index (χ1v) is 4.97. The Morgan fingerprint density at radius 3 is 2.38 bits per heavy atom. The lowest BCUT2D eigenvalue weighted by Crippen LogP contribution is -1.85. The van der Waals surface area contributed by atoms with Crippen molar-refractivity contribution in [2.75, 3.05) is 13.2 Å². The molecular formula is C12H18N2O2. The van der Waals surface area contributed by atoms with E-state index >= 15 is 0 Å². The zero-order valence-corrected chi connectivity index (χ0v) is 9.43. The third-order valence-electron chi connectivity index (χ3n) is 1.43. The number of aliphatic hydroxyl groups excluding tert-OH is 2. The first-order chi connectivity index (χ1) is 7.79. The average Bonchev–Trinajstić information content (AvgIpc) is 2.78. The Morgan fingerprint density at radius 2 is 1.88 bits per heavy atom. The predicted octanol–water partition coefficient (Wildman–Crippen LogP) is 1.73. The third-order valence-corrected chi connectivity index (χ3v) is 1.43. The van der Waals surface area contributed by atoms with Gasteiger partial charge in [-0.3, -0.25) is 0 Å². The maximum Gasteiger partial charge on any atom is 0.0931 e. The van der Waals surface area contributed by atoms with Gasteiger partial charge < -0.3 is 15.2 Å². The summed E-state index contributed by atoms with van der Waals surface area (Å²) in [6, 6.07) is 7.94. The van der Waals surface area contributed by atoms with E-state index in [1.54, 1.807) is 12.4 Å². The van der Waals surface area contributed by atoms with Crippen molar-refractivity contribution in [3.63, 3.8) is 0 Å². The predicted molar refractivity (Wildman–Crippen MR) is 66.1 cm³/mol. The van der Waals surface area contributed by atoms with Gasteiger partial charge in [0.05, 0.1) is 30.6 Å². The van der Waals surface area contributed by atoms with E-state index in [0.29, 0.717) is 0 Å². The molecule has 0 spiro atoms. The Balaban J connectivity index is 0.000000275. The van der Waals surface area contributed by atoms with Crippen molar-refractivity contribution in [3.05, 3.63) is 43.2 Å². The summed E-state index contributed by atoms with van der Waals surface area (Å²) >= 11 is 0. The zero-order chi connectivity index (χ0) is 12.2. The average molecular weight is 222 g/mol. The Morgan fingerprint density at radius 1 is 1.31 bits per heavy atom. The number of aromatic nitrogens is 2. The summed E-state index contributed by atoms with van der Waals surface area (Å²) in [7, 11) is 0. The van der Waals surface area contributed by atoms with Crippen LogP contribution in [0.3, 0.4) is 0 Å². The van der Waals surface area contributed by atoms with Gasteiger partial charge in [0.25, 0.3) is 0 Å². The molecule has 0 aliphatic heterocycles. The van der Waals surface area contributed by atoms with Gasteiger partial charge in [-0.1, -0.05) is 18.2 Å². The van der Waals surface area contributed by atoms with Crippen LogP contribution in [0, 0.1) is 0 Å². The van der Waals surface area contributed by atoms with Gasteiger partial charge in [-0.05, 0) is 19.1 Å². The third kappa shape index (κ3) is 5.95. The fraction of sp³-hybridized carbons (Fsp3) is 0.250. The molecule has 1 heterocycles. The molecule has 0 aliphatic carbocycles. The summed E-state index contributed by atoms with van der Waals surface area (Å²) in [5.41, 5.74) is 2.12. The van der Waals surface area contributed by atoms with Gasteiger partial charge in [0, 0.05) is 0 Å². The molecule has 0 unspecified atom stereocenters. The maximum absolute atomic E-state index is 7.62.